The first-order chi connectivity index (χ1) is 4.62. The Morgan fingerprint density at radius 3 is 2.30 bits per heavy atom. The van der Waals surface area contributed by atoms with Gasteiger partial charge in [0, 0.05) is 0 Å². The molecular formula is C10H20. The van der Waals surface area contributed by atoms with E-state index in [4.69, 9.17) is 0 Å². The number of hydrogen-bond donors (Lipinski definition) is 0. The van der Waals surface area contributed by atoms with Crippen LogP contribution in [0.5, 0.6) is 0 Å². The van der Waals surface area contributed by atoms with Gasteiger partial charge in [-0.25, -0.2) is 0 Å². The zero-order valence-electron chi connectivity index (χ0n) is 7.61. The summed E-state index contributed by atoms with van der Waals surface area (Å²) >= 11 is 0. The van der Waals surface area contributed by atoms with Crippen LogP contribution in [-0.2, 0) is 0 Å². The maximum absolute atomic E-state index is 3.72. The number of rotatable bonds is 5. The highest BCUT2D eigenvalue weighted by molar-refractivity contribution is 4.74. The fraction of sp³-hybridized carbons (Fsp3) is 0.800. The van der Waals surface area contributed by atoms with Crippen molar-refractivity contribution < 1.29 is 0 Å². The summed E-state index contributed by atoms with van der Waals surface area (Å²) in [7, 11) is 0. The van der Waals surface area contributed by atoms with Gasteiger partial charge in [0.15, 0.2) is 0 Å². The summed E-state index contributed by atoms with van der Waals surface area (Å²) in [6.07, 6.45) is 7.08. The minimum absolute atomic E-state index is 0.531. The van der Waals surface area contributed by atoms with Gasteiger partial charge >= 0.3 is 0 Å². The zero-order chi connectivity index (χ0) is 8.04. The average molecular weight is 140 g/mol. The van der Waals surface area contributed by atoms with Crippen molar-refractivity contribution in [2.75, 3.05) is 0 Å². The van der Waals surface area contributed by atoms with Crippen LogP contribution in [-0.4, -0.2) is 0 Å². The van der Waals surface area contributed by atoms with Crippen molar-refractivity contribution in [1.82, 2.24) is 0 Å². The van der Waals surface area contributed by atoms with Crippen molar-refractivity contribution in [1.29, 1.82) is 0 Å². The Morgan fingerprint density at radius 1 is 1.30 bits per heavy atom. The van der Waals surface area contributed by atoms with Gasteiger partial charge < -0.3 is 0 Å². The highest BCUT2D eigenvalue weighted by atomic mass is 14.2. The van der Waals surface area contributed by atoms with E-state index < -0.39 is 0 Å². The fourth-order valence-corrected chi connectivity index (χ4v) is 1.29. The zero-order valence-corrected chi connectivity index (χ0v) is 7.61. The molecule has 0 heterocycles. The number of allylic oxidation sites excluding steroid dienone is 1. The molecule has 0 rings (SSSR count). The van der Waals surface area contributed by atoms with E-state index in [-0.39, 0.29) is 0 Å². The van der Waals surface area contributed by atoms with E-state index in [2.05, 4.69) is 27.4 Å². The van der Waals surface area contributed by atoms with Crippen molar-refractivity contribution in [3.63, 3.8) is 0 Å². The van der Waals surface area contributed by atoms with Gasteiger partial charge in [0.1, 0.15) is 0 Å². The third-order valence-electron chi connectivity index (χ3n) is 1.95. The molecule has 0 aliphatic heterocycles. The maximum atomic E-state index is 3.72. The van der Waals surface area contributed by atoms with Crippen molar-refractivity contribution >= 4 is 0 Å². The van der Waals surface area contributed by atoms with Crippen LogP contribution in [0.2, 0.25) is 0 Å². The van der Waals surface area contributed by atoms with E-state index in [1.807, 2.05) is 6.08 Å². The second-order valence-corrected chi connectivity index (χ2v) is 3.74. The third-order valence-corrected chi connectivity index (χ3v) is 1.95. The minimum Gasteiger partial charge on any atom is -0.103 e. The molecule has 0 aromatic carbocycles. The van der Waals surface area contributed by atoms with Crippen molar-refractivity contribution in [3.8, 4) is 0 Å². The SMILES string of the molecule is C=CCCC(C)(C)CCC. The lowest BCUT2D eigenvalue weighted by Gasteiger charge is -2.22. The van der Waals surface area contributed by atoms with Gasteiger partial charge in [-0.15, -0.1) is 6.58 Å². The predicted molar refractivity (Wildman–Crippen MR) is 48.1 cm³/mol. The third kappa shape index (κ3) is 4.60. The van der Waals surface area contributed by atoms with Crippen LogP contribution in [0.3, 0.4) is 0 Å². The summed E-state index contributed by atoms with van der Waals surface area (Å²) in [6.45, 7) is 10.6. The highest BCUT2D eigenvalue weighted by Crippen LogP contribution is 2.27. The predicted octanol–water partition coefficient (Wildman–Crippen LogP) is 3.78. The van der Waals surface area contributed by atoms with Crippen molar-refractivity contribution in [3.05, 3.63) is 12.7 Å². The van der Waals surface area contributed by atoms with E-state index >= 15 is 0 Å². The molecule has 0 aromatic heterocycles. The van der Waals surface area contributed by atoms with Crippen molar-refractivity contribution in [2.45, 2.75) is 46.5 Å². The summed E-state index contributed by atoms with van der Waals surface area (Å²) in [4.78, 5) is 0. The standard InChI is InChI=1S/C10H20/c1-5-7-9-10(3,4)8-6-2/h5H,1,6-9H2,2-4H3. The van der Waals surface area contributed by atoms with Crippen LogP contribution >= 0.6 is 0 Å². The fourth-order valence-electron chi connectivity index (χ4n) is 1.29. The van der Waals surface area contributed by atoms with Gasteiger partial charge in [0.05, 0.1) is 0 Å². The summed E-state index contributed by atoms with van der Waals surface area (Å²) in [5, 5.41) is 0. The molecule has 0 bridgehead atoms. The lowest BCUT2D eigenvalue weighted by Crippen LogP contribution is -2.09. The van der Waals surface area contributed by atoms with Crippen LogP contribution in [0.15, 0.2) is 12.7 Å². The molecule has 0 saturated carbocycles. The van der Waals surface area contributed by atoms with Gasteiger partial charge in [-0.05, 0) is 24.7 Å². The Labute approximate surface area is 65.3 Å². The van der Waals surface area contributed by atoms with E-state index in [1.54, 1.807) is 0 Å². The van der Waals surface area contributed by atoms with Gasteiger partial charge in [-0.3, -0.25) is 0 Å². The minimum atomic E-state index is 0.531. The molecule has 0 saturated heterocycles. The lowest BCUT2D eigenvalue weighted by atomic mass is 9.83. The molecule has 0 fully saturated rings. The van der Waals surface area contributed by atoms with Crippen LogP contribution in [0.1, 0.15) is 46.5 Å². The Bertz CT molecular complexity index is 90.2. The second kappa shape index (κ2) is 4.54. The van der Waals surface area contributed by atoms with Crippen LogP contribution in [0.25, 0.3) is 0 Å². The van der Waals surface area contributed by atoms with Gasteiger partial charge in [-0.1, -0.05) is 33.3 Å². The molecule has 0 atom stereocenters. The van der Waals surface area contributed by atoms with Gasteiger partial charge in [-0.2, -0.15) is 0 Å². The molecule has 0 spiro atoms. The topological polar surface area (TPSA) is 0 Å². The molecule has 0 radical (unpaired) electrons. The van der Waals surface area contributed by atoms with Crippen molar-refractivity contribution in [2.24, 2.45) is 5.41 Å². The van der Waals surface area contributed by atoms with Crippen LogP contribution in [0, 0.1) is 5.41 Å². The molecule has 0 aliphatic carbocycles. The van der Waals surface area contributed by atoms with E-state index in [0.29, 0.717) is 5.41 Å². The van der Waals surface area contributed by atoms with E-state index in [1.165, 1.54) is 19.3 Å². The normalized spacial score (nSPS) is 11.5. The molecule has 0 amide bonds. The molecule has 10 heavy (non-hydrogen) atoms. The molecule has 60 valence electrons. The summed E-state index contributed by atoms with van der Waals surface area (Å²) in [5.74, 6) is 0. The Morgan fingerprint density at radius 2 is 1.90 bits per heavy atom. The largest absolute Gasteiger partial charge is 0.103 e. The van der Waals surface area contributed by atoms with Gasteiger partial charge in [0.25, 0.3) is 0 Å². The van der Waals surface area contributed by atoms with Crippen LogP contribution < -0.4 is 0 Å². The molecule has 0 N–H and O–H groups in total. The average Bonchev–Trinajstić information content (AvgIpc) is 1.84. The number of hydrogen-bond acceptors (Lipinski definition) is 0. The molecule has 0 aromatic rings. The molecule has 0 unspecified atom stereocenters. The first-order valence-corrected chi connectivity index (χ1v) is 4.23. The Balaban J connectivity index is 3.51. The Hall–Kier alpha value is -0.260. The van der Waals surface area contributed by atoms with E-state index in [0.717, 1.165) is 6.42 Å². The molecule has 0 aliphatic rings. The maximum Gasteiger partial charge on any atom is -0.0348 e. The lowest BCUT2D eigenvalue weighted by molar-refractivity contribution is 0.307. The highest BCUT2D eigenvalue weighted by Gasteiger charge is 2.14. The first kappa shape index (κ1) is 9.74. The molecular weight excluding hydrogens is 120 g/mol. The molecule has 0 nitrogen and oxygen atoms in total. The monoisotopic (exact) mass is 140 g/mol. The smallest absolute Gasteiger partial charge is 0.0348 e. The summed E-state index contributed by atoms with van der Waals surface area (Å²) < 4.78 is 0. The second-order valence-electron chi connectivity index (χ2n) is 3.74. The summed E-state index contributed by atoms with van der Waals surface area (Å²) in [6, 6.07) is 0. The quantitative estimate of drug-likeness (QED) is 0.510. The molecule has 0 heteroatoms. The summed E-state index contributed by atoms with van der Waals surface area (Å²) in [5.41, 5.74) is 0.531. The Kier molecular flexibility index (Phi) is 4.42. The van der Waals surface area contributed by atoms with E-state index in [9.17, 15) is 0 Å². The first-order valence-electron chi connectivity index (χ1n) is 4.23. The van der Waals surface area contributed by atoms with Crippen LogP contribution in [0.4, 0.5) is 0 Å². The van der Waals surface area contributed by atoms with Gasteiger partial charge in [0.2, 0.25) is 0 Å².